The van der Waals surface area contributed by atoms with Gasteiger partial charge in [-0.1, -0.05) is 0 Å². The molecule has 0 spiro atoms. The summed E-state index contributed by atoms with van der Waals surface area (Å²) in [5.41, 5.74) is 0. The molecule has 0 bridgehead atoms. The molecule has 0 aromatic carbocycles. The average Bonchev–Trinajstić information content (AvgIpc) is 3.78. The van der Waals surface area contributed by atoms with E-state index in [9.17, 15) is 0 Å². The minimum Gasteiger partial charge on any atom is -0.276 e. The van der Waals surface area contributed by atoms with E-state index in [0.717, 1.165) is 69.1 Å². The van der Waals surface area contributed by atoms with Crippen molar-refractivity contribution in [3.05, 3.63) is 0 Å². The number of thioether (sulfide) groups is 4. The Bertz CT molecular complexity index is 705. The Labute approximate surface area is 250 Å². The topological polar surface area (TPSA) is 6.48 Å². The van der Waals surface area contributed by atoms with Crippen LogP contribution in [0.15, 0.2) is 0 Å². The first kappa shape index (κ1) is 26.9. The molecule has 4 saturated carbocycles. The van der Waals surface area contributed by atoms with Crippen LogP contribution in [0.3, 0.4) is 0 Å². The molecule has 0 N–H and O–H groups in total. The van der Waals surface area contributed by atoms with Crippen molar-refractivity contribution in [1.29, 1.82) is 0 Å². The molecule has 12 unspecified atom stereocenters. The van der Waals surface area contributed by atoms with E-state index in [1.165, 1.54) is 87.2 Å². The van der Waals surface area contributed by atoms with Gasteiger partial charge in [0.25, 0.3) is 0 Å². The molecule has 2 nitrogen and oxygen atoms in total. The maximum Gasteiger partial charge on any atom is 0.0570 e. The largest absolute Gasteiger partial charge is 0.276 e. The quantitative estimate of drug-likeness (QED) is 0.302. The second-order valence-electron chi connectivity index (χ2n) is 14.2. The van der Waals surface area contributed by atoms with Crippen molar-refractivity contribution in [1.82, 2.24) is 9.80 Å². The number of hydrogen-bond donors (Lipinski definition) is 0. The van der Waals surface area contributed by atoms with Crippen LogP contribution in [0.5, 0.6) is 0 Å². The molecule has 12 atom stereocenters. The van der Waals surface area contributed by atoms with E-state index >= 15 is 0 Å². The van der Waals surface area contributed by atoms with Crippen LogP contribution in [0.25, 0.3) is 0 Å². The van der Waals surface area contributed by atoms with Gasteiger partial charge in [-0.25, -0.2) is 0 Å². The van der Waals surface area contributed by atoms with Gasteiger partial charge in [0.2, 0.25) is 0 Å². The predicted molar refractivity (Wildman–Crippen MR) is 171 cm³/mol. The maximum atomic E-state index is 3.22. The van der Waals surface area contributed by atoms with Crippen LogP contribution in [0.2, 0.25) is 0 Å². The molecule has 4 heterocycles. The lowest BCUT2D eigenvalue weighted by molar-refractivity contribution is -0.132. The van der Waals surface area contributed by atoms with E-state index in [1.807, 2.05) is 0 Å². The Morgan fingerprint density at radius 3 is 1.03 bits per heavy atom. The van der Waals surface area contributed by atoms with Crippen molar-refractivity contribution >= 4 is 47.0 Å². The number of rotatable bonds is 6. The van der Waals surface area contributed by atoms with Crippen LogP contribution >= 0.6 is 47.0 Å². The molecular formula is C32H52N2S4. The fourth-order valence-corrected chi connectivity index (χ4v) is 17.2. The van der Waals surface area contributed by atoms with Gasteiger partial charge in [0.15, 0.2) is 0 Å². The van der Waals surface area contributed by atoms with Crippen molar-refractivity contribution in [2.45, 2.75) is 136 Å². The van der Waals surface area contributed by atoms with Gasteiger partial charge in [-0.2, -0.15) is 0 Å². The SMILES string of the molecule is C1CSC(N(C2CCCS2)C2CCC3CCC4C5C(CCC2C35)CCC4N(C2CCCS2)C2CCCS2)C1. The lowest BCUT2D eigenvalue weighted by Crippen LogP contribution is -2.62. The summed E-state index contributed by atoms with van der Waals surface area (Å²) in [6, 6.07) is 1.82. The maximum absolute atomic E-state index is 3.22. The highest BCUT2D eigenvalue weighted by Crippen LogP contribution is 2.62. The van der Waals surface area contributed by atoms with Crippen molar-refractivity contribution < 1.29 is 0 Å². The van der Waals surface area contributed by atoms with Crippen LogP contribution in [0, 0.1) is 35.5 Å². The van der Waals surface area contributed by atoms with Crippen LogP contribution in [-0.2, 0) is 0 Å². The third-order valence-corrected chi connectivity index (χ3v) is 18.2. The number of hydrogen-bond acceptors (Lipinski definition) is 6. The fourth-order valence-electron chi connectivity index (χ4n) is 11.4. The standard InChI is InChI=1S/C32H52N2S4/c1-5-27(35-17-1)33(28-6-2-18-36-28)25-15-11-21-10-14-24-26(16-12-22-9-13-23(25)31(21)32(22)24)34(29-7-3-19-37-29)30-8-4-20-38-30/h21-32H,1-20H2. The molecule has 0 amide bonds. The van der Waals surface area contributed by atoms with Crippen molar-refractivity contribution in [2.24, 2.45) is 35.5 Å². The molecule has 0 radical (unpaired) electrons. The van der Waals surface area contributed by atoms with E-state index in [0.29, 0.717) is 0 Å². The minimum atomic E-state index is 0.845. The summed E-state index contributed by atoms with van der Waals surface area (Å²) in [7, 11) is 0. The number of nitrogens with zero attached hydrogens (tertiary/aromatic N) is 2. The van der Waals surface area contributed by atoms with Gasteiger partial charge in [-0.15, -0.1) is 47.0 Å². The van der Waals surface area contributed by atoms with E-state index in [2.05, 4.69) is 56.8 Å². The zero-order valence-electron chi connectivity index (χ0n) is 23.6. The summed E-state index contributed by atoms with van der Waals surface area (Å²) in [5, 5.41) is 3.38. The highest BCUT2D eigenvalue weighted by atomic mass is 32.2. The van der Waals surface area contributed by atoms with Gasteiger partial charge in [0.1, 0.15) is 0 Å². The third kappa shape index (κ3) is 4.80. The van der Waals surface area contributed by atoms with Gasteiger partial charge >= 0.3 is 0 Å². The zero-order chi connectivity index (χ0) is 25.1. The van der Waals surface area contributed by atoms with Crippen LogP contribution in [-0.4, -0.2) is 66.4 Å². The average molecular weight is 593 g/mol. The summed E-state index contributed by atoms with van der Waals surface area (Å²) in [5.74, 6) is 12.0. The van der Waals surface area contributed by atoms with Crippen molar-refractivity contribution in [3.63, 3.8) is 0 Å². The monoisotopic (exact) mass is 592 g/mol. The second-order valence-corrected chi connectivity index (χ2v) is 19.4. The van der Waals surface area contributed by atoms with Crippen molar-refractivity contribution in [2.75, 3.05) is 23.0 Å². The van der Waals surface area contributed by atoms with Gasteiger partial charge < -0.3 is 0 Å². The molecule has 8 rings (SSSR count). The summed E-state index contributed by atoms with van der Waals surface area (Å²) >= 11 is 9.37. The van der Waals surface area contributed by atoms with Gasteiger partial charge in [-0.05, 0) is 161 Å². The van der Waals surface area contributed by atoms with E-state index in [4.69, 9.17) is 0 Å². The van der Waals surface area contributed by atoms with Crippen LogP contribution in [0.1, 0.15) is 103 Å². The zero-order valence-corrected chi connectivity index (χ0v) is 26.9. The van der Waals surface area contributed by atoms with Crippen LogP contribution < -0.4 is 0 Å². The van der Waals surface area contributed by atoms with E-state index < -0.39 is 0 Å². The second kappa shape index (κ2) is 11.8. The molecule has 8 fully saturated rings. The smallest absolute Gasteiger partial charge is 0.0570 e. The first-order chi connectivity index (χ1) is 18.9. The van der Waals surface area contributed by atoms with Crippen molar-refractivity contribution in [3.8, 4) is 0 Å². The Morgan fingerprint density at radius 1 is 0.368 bits per heavy atom. The molecule has 0 aromatic heterocycles. The highest BCUT2D eigenvalue weighted by molar-refractivity contribution is 8.01. The molecule has 4 aliphatic heterocycles. The minimum absolute atomic E-state index is 0.845. The summed E-state index contributed by atoms with van der Waals surface area (Å²) in [6.07, 6.45) is 24.3. The van der Waals surface area contributed by atoms with E-state index in [1.54, 1.807) is 38.5 Å². The molecule has 214 valence electrons. The molecule has 6 heteroatoms. The first-order valence-corrected chi connectivity index (χ1v) is 21.1. The normalized spacial score (nSPS) is 50.7. The third-order valence-electron chi connectivity index (χ3n) is 12.6. The lowest BCUT2D eigenvalue weighted by atomic mass is 9.46. The molecular weight excluding hydrogens is 541 g/mol. The predicted octanol–water partition coefficient (Wildman–Crippen LogP) is 8.61. The van der Waals surface area contributed by atoms with Gasteiger partial charge in [-0.3, -0.25) is 9.80 Å². The fraction of sp³-hybridized carbons (Fsp3) is 1.00. The molecule has 4 aliphatic carbocycles. The summed E-state index contributed by atoms with van der Waals surface area (Å²) in [4.78, 5) is 6.44. The Morgan fingerprint density at radius 2 is 0.711 bits per heavy atom. The molecule has 38 heavy (non-hydrogen) atoms. The van der Waals surface area contributed by atoms with E-state index in [-0.39, 0.29) is 0 Å². The summed E-state index contributed by atoms with van der Waals surface area (Å²) < 4.78 is 0. The Balaban J connectivity index is 1.09. The highest BCUT2D eigenvalue weighted by Gasteiger charge is 2.58. The molecule has 4 saturated heterocycles. The summed E-state index contributed by atoms with van der Waals surface area (Å²) in [6.45, 7) is 0. The van der Waals surface area contributed by atoms with Gasteiger partial charge in [0, 0.05) is 12.1 Å². The first-order valence-electron chi connectivity index (χ1n) is 16.9. The van der Waals surface area contributed by atoms with Crippen LogP contribution in [0.4, 0.5) is 0 Å². The molecule has 0 aromatic rings. The lowest BCUT2D eigenvalue weighted by Gasteiger charge is -2.63. The Kier molecular flexibility index (Phi) is 8.34. The Hall–Kier alpha value is 1.32. The molecule has 8 aliphatic rings. The van der Waals surface area contributed by atoms with Gasteiger partial charge in [0.05, 0.1) is 21.5 Å².